The first-order chi connectivity index (χ1) is 9.67. The van der Waals surface area contributed by atoms with E-state index in [1.54, 1.807) is 6.07 Å². The van der Waals surface area contributed by atoms with Gasteiger partial charge in [-0.05, 0) is 50.4 Å². The van der Waals surface area contributed by atoms with Gasteiger partial charge in [0.05, 0.1) is 0 Å². The zero-order valence-corrected chi connectivity index (χ0v) is 13.3. The van der Waals surface area contributed by atoms with Crippen LogP contribution < -0.4 is 0 Å². The molecule has 0 atom stereocenters. The minimum atomic E-state index is -1.11. The molecule has 113 valence electrons. The molecule has 1 aromatic carbocycles. The van der Waals surface area contributed by atoms with Crippen LogP contribution in [0.3, 0.4) is 0 Å². The van der Waals surface area contributed by atoms with E-state index in [0.29, 0.717) is 13.2 Å². The summed E-state index contributed by atoms with van der Waals surface area (Å²) in [4.78, 5) is 0. The molecule has 1 radical (unpaired) electrons. The Hall–Kier alpha value is -0.783. The Bertz CT molecular complexity index is 382. The molecule has 1 rings (SSSR count). The maximum Gasteiger partial charge on any atom is 0.384 e. The molecule has 0 spiro atoms. The third-order valence-corrected chi connectivity index (χ3v) is 4.92. The molecule has 0 aromatic heterocycles. The van der Waals surface area contributed by atoms with E-state index in [-0.39, 0.29) is 0 Å². The second kappa shape index (κ2) is 10.0. The average Bonchev–Trinajstić information content (AvgIpc) is 2.43. The molecular formula is C15H23F2O2Si. The largest absolute Gasteiger partial charge is 0.394 e. The number of benzene rings is 1. The second-order valence-electron chi connectivity index (χ2n) is 4.55. The summed E-state index contributed by atoms with van der Waals surface area (Å²) in [5.41, 5.74) is 0.851. The van der Waals surface area contributed by atoms with E-state index in [0.717, 1.165) is 37.3 Å². The second-order valence-corrected chi connectivity index (χ2v) is 6.37. The number of rotatable bonds is 10. The van der Waals surface area contributed by atoms with Crippen molar-refractivity contribution in [2.24, 2.45) is 0 Å². The maximum absolute atomic E-state index is 13.0. The van der Waals surface area contributed by atoms with E-state index in [1.165, 1.54) is 12.1 Å². The van der Waals surface area contributed by atoms with Crippen molar-refractivity contribution in [3.63, 3.8) is 0 Å². The van der Waals surface area contributed by atoms with Crippen LogP contribution in [0.25, 0.3) is 0 Å². The lowest BCUT2D eigenvalue weighted by molar-refractivity contribution is 0.212. The van der Waals surface area contributed by atoms with E-state index < -0.39 is 20.9 Å². The molecule has 0 aliphatic carbocycles. The molecule has 5 heteroatoms. The highest BCUT2D eigenvalue weighted by atomic mass is 28.3. The number of hydrogen-bond donors (Lipinski definition) is 0. The van der Waals surface area contributed by atoms with E-state index in [4.69, 9.17) is 8.85 Å². The Morgan fingerprint density at radius 2 is 1.65 bits per heavy atom. The zero-order valence-electron chi connectivity index (χ0n) is 12.3. The first-order valence-corrected chi connectivity index (χ1v) is 8.75. The Morgan fingerprint density at radius 3 is 2.25 bits per heavy atom. The van der Waals surface area contributed by atoms with Crippen molar-refractivity contribution in [2.45, 2.75) is 45.6 Å². The summed E-state index contributed by atoms with van der Waals surface area (Å²) in [6, 6.07) is 5.10. The van der Waals surface area contributed by atoms with E-state index in [1.807, 2.05) is 13.8 Å². The Labute approximate surface area is 121 Å². The normalized spacial score (nSPS) is 11.2. The van der Waals surface area contributed by atoms with Gasteiger partial charge in [0.2, 0.25) is 0 Å². The Morgan fingerprint density at radius 1 is 0.950 bits per heavy atom. The van der Waals surface area contributed by atoms with Crippen LogP contribution in [0.15, 0.2) is 18.2 Å². The number of unbranched alkanes of at least 4 members (excludes halogenated alkanes) is 2. The van der Waals surface area contributed by atoms with Gasteiger partial charge < -0.3 is 8.85 Å². The number of aryl methyl sites for hydroxylation is 1. The predicted molar refractivity (Wildman–Crippen MR) is 77.7 cm³/mol. The first kappa shape index (κ1) is 17.3. The van der Waals surface area contributed by atoms with Crippen LogP contribution in [0.2, 0.25) is 6.04 Å². The van der Waals surface area contributed by atoms with Gasteiger partial charge in [0.1, 0.15) is 0 Å². The molecule has 0 amide bonds. The molecular weight excluding hydrogens is 278 g/mol. The molecule has 0 bridgehead atoms. The van der Waals surface area contributed by atoms with Gasteiger partial charge in [-0.2, -0.15) is 0 Å². The SMILES string of the molecule is CCO[Si](CCCCCc1ccc(F)c(F)c1)OCC. The monoisotopic (exact) mass is 301 g/mol. The van der Waals surface area contributed by atoms with Crippen LogP contribution >= 0.6 is 0 Å². The van der Waals surface area contributed by atoms with Crippen LogP contribution in [0.5, 0.6) is 0 Å². The summed E-state index contributed by atoms with van der Waals surface area (Å²) >= 11 is 0. The highest BCUT2D eigenvalue weighted by Gasteiger charge is 2.13. The maximum atomic E-state index is 13.0. The molecule has 0 heterocycles. The Balaban J connectivity index is 2.19. The zero-order chi connectivity index (χ0) is 14.8. The smallest absolute Gasteiger partial charge is 0.384 e. The first-order valence-electron chi connectivity index (χ1n) is 7.22. The van der Waals surface area contributed by atoms with Gasteiger partial charge in [0.15, 0.2) is 11.6 Å². The van der Waals surface area contributed by atoms with E-state index >= 15 is 0 Å². The summed E-state index contributed by atoms with van der Waals surface area (Å²) in [7, 11) is -1.11. The topological polar surface area (TPSA) is 18.5 Å². The Kier molecular flexibility index (Phi) is 8.65. The van der Waals surface area contributed by atoms with Gasteiger partial charge in [-0.15, -0.1) is 0 Å². The van der Waals surface area contributed by atoms with Gasteiger partial charge in [0, 0.05) is 13.2 Å². The van der Waals surface area contributed by atoms with E-state index in [2.05, 4.69) is 0 Å². The molecule has 0 fully saturated rings. The van der Waals surface area contributed by atoms with Crippen molar-refractivity contribution in [3.05, 3.63) is 35.4 Å². The fourth-order valence-corrected chi connectivity index (χ4v) is 3.53. The lowest BCUT2D eigenvalue weighted by Crippen LogP contribution is -2.22. The predicted octanol–water partition coefficient (Wildman–Crippen LogP) is 4.24. The van der Waals surface area contributed by atoms with Crippen LogP contribution in [-0.2, 0) is 15.3 Å². The lowest BCUT2D eigenvalue weighted by Gasteiger charge is -2.12. The molecule has 0 N–H and O–H groups in total. The van der Waals surface area contributed by atoms with Crippen molar-refractivity contribution >= 4 is 9.28 Å². The molecule has 0 unspecified atom stereocenters. The van der Waals surface area contributed by atoms with Crippen LogP contribution in [0, 0.1) is 11.6 Å². The van der Waals surface area contributed by atoms with Gasteiger partial charge in [-0.1, -0.05) is 18.9 Å². The van der Waals surface area contributed by atoms with E-state index in [9.17, 15) is 8.78 Å². The minimum Gasteiger partial charge on any atom is -0.394 e. The van der Waals surface area contributed by atoms with Crippen molar-refractivity contribution in [3.8, 4) is 0 Å². The average molecular weight is 301 g/mol. The van der Waals surface area contributed by atoms with Crippen LogP contribution in [-0.4, -0.2) is 22.5 Å². The summed E-state index contributed by atoms with van der Waals surface area (Å²) in [6.45, 7) is 5.35. The van der Waals surface area contributed by atoms with Crippen molar-refractivity contribution in [1.82, 2.24) is 0 Å². The summed E-state index contributed by atoms with van der Waals surface area (Å²) in [5, 5.41) is 0. The van der Waals surface area contributed by atoms with Gasteiger partial charge in [0.25, 0.3) is 0 Å². The molecule has 20 heavy (non-hydrogen) atoms. The highest BCUT2D eigenvalue weighted by Crippen LogP contribution is 2.13. The lowest BCUT2D eigenvalue weighted by atomic mass is 10.1. The van der Waals surface area contributed by atoms with Gasteiger partial charge in [-0.25, -0.2) is 8.78 Å². The van der Waals surface area contributed by atoms with Crippen LogP contribution in [0.4, 0.5) is 8.78 Å². The summed E-state index contributed by atoms with van der Waals surface area (Å²) in [5.74, 6) is -1.55. The van der Waals surface area contributed by atoms with Crippen molar-refractivity contribution in [1.29, 1.82) is 0 Å². The fourth-order valence-electron chi connectivity index (χ4n) is 1.98. The number of halogens is 2. The third-order valence-electron chi connectivity index (χ3n) is 2.94. The van der Waals surface area contributed by atoms with Crippen LogP contribution in [0.1, 0.15) is 38.7 Å². The molecule has 1 aromatic rings. The van der Waals surface area contributed by atoms with Crippen molar-refractivity contribution in [2.75, 3.05) is 13.2 Å². The molecule has 0 aliphatic heterocycles. The van der Waals surface area contributed by atoms with Crippen molar-refractivity contribution < 1.29 is 17.6 Å². The summed E-state index contributed by atoms with van der Waals surface area (Å²) in [6.07, 6.45) is 3.85. The van der Waals surface area contributed by atoms with Gasteiger partial charge >= 0.3 is 9.28 Å². The fraction of sp³-hybridized carbons (Fsp3) is 0.600. The quantitative estimate of drug-likeness (QED) is 0.475. The minimum absolute atomic E-state index is 0.698. The number of hydrogen-bond acceptors (Lipinski definition) is 2. The van der Waals surface area contributed by atoms with Gasteiger partial charge in [-0.3, -0.25) is 0 Å². The third kappa shape index (κ3) is 6.59. The summed E-state index contributed by atoms with van der Waals surface area (Å²) < 4.78 is 36.9. The molecule has 2 nitrogen and oxygen atoms in total. The highest BCUT2D eigenvalue weighted by molar-refractivity contribution is 6.44. The standard InChI is InChI=1S/C15H23F2O2Si/c1-3-18-20(19-4-2)11-7-5-6-8-13-9-10-14(16)15(17)12-13/h9-10,12H,3-8,11H2,1-2H3. The molecule has 0 aliphatic rings. The molecule has 0 saturated carbocycles. The molecule has 0 saturated heterocycles.